The number of aliphatic hydroxyl groups is 1. The average molecular weight is 374 g/mol. The van der Waals surface area contributed by atoms with Crippen LogP contribution < -0.4 is 0 Å². The Hall–Kier alpha value is -2.77. The Morgan fingerprint density at radius 2 is 2.04 bits per heavy atom. The SMILES string of the molecule is CCC1=NN(C(=O)c2cccc([N+](=O)[O-])c2)[C@@](O)(c2ccc(Cl)cc2)C1. The molecule has 3 rings (SSSR count). The molecule has 0 saturated carbocycles. The van der Waals surface area contributed by atoms with Gasteiger partial charge in [-0.15, -0.1) is 0 Å². The number of rotatable bonds is 4. The zero-order valence-electron chi connectivity index (χ0n) is 13.9. The van der Waals surface area contributed by atoms with E-state index in [0.717, 1.165) is 5.01 Å². The summed E-state index contributed by atoms with van der Waals surface area (Å²) in [7, 11) is 0. The highest BCUT2D eigenvalue weighted by Crippen LogP contribution is 2.37. The van der Waals surface area contributed by atoms with E-state index >= 15 is 0 Å². The molecular weight excluding hydrogens is 358 g/mol. The van der Waals surface area contributed by atoms with Crippen LogP contribution in [0.25, 0.3) is 0 Å². The molecule has 2 aromatic rings. The molecule has 1 aliphatic heterocycles. The van der Waals surface area contributed by atoms with Crippen LogP contribution in [0.5, 0.6) is 0 Å². The van der Waals surface area contributed by atoms with Crippen LogP contribution >= 0.6 is 11.6 Å². The van der Waals surface area contributed by atoms with Crippen LogP contribution in [0.2, 0.25) is 5.02 Å². The van der Waals surface area contributed by atoms with Crippen molar-refractivity contribution in [3.05, 3.63) is 74.8 Å². The molecule has 0 bridgehead atoms. The van der Waals surface area contributed by atoms with Crippen LogP contribution in [0.4, 0.5) is 5.69 Å². The number of hydrogen-bond donors (Lipinski definition) is 1. The maximum absolute atomic E-state index is 12.9. The molecule has 0 aliphatic carbocycles. The van der Waals surface area contributed by atoms with Crippen LogP contribution in [-0.4, -0.2) is 26.7 Å². The second-order valence-electron chi connectivity index (χ2n) is 5.94. The summed E-state index contributed by atoms with van der Waals surface area (Å²) in [4.78, 5) is 23.3. The summed E-state index contributed by atoms with van der Waals surface area (Å²) in [6.07, 6.45) is 0.723. The van der Waals surface area contributed by atoms with Crippen LogP contribution in [0, 0.1) is 10.1 Å². The fourth-order valence-electron chi connectivity index (χ4n) is 2.84. The predicted octanol–water partition coefficient (Wildman–Crippen LogP) is 3.71. The second-order valence-corrected chi connectivity index (χ2v) is 6.38. The quantitative estimate of drug-likeness (QED) is 0.652. The maximum Gasteiger partial charge on any atom is 0.277 e. The molecule has 0 radical (unpaired) electrons. The summed E-state index contributed by atoms with van der Waals surface area (Å²) < 4.78 is 0. The Morgan fingerprint density at radius 3 is 2.65 bits per heavy atom. The van der Waals surface area contributed by atoms with Gasteiger partial charge in [0, 0.05) is 40.4 Å². The van der Waals surface area contributed by atoms with Crippen LogP contribution in [0.1, 0.15) is 35.7 Å². The molecule has 134 valence electrons. The summed E-state index contributed by atoms with van der Waals surface area (Å²) in [6.45, 7) is 1.88. The smallest absolute Gasteiger partial charge is 0.277 e. The minimum absolute atomic E-state index is 0.0766. The molecule has 1 N–H and O–H groups in total. The van der Waals surface area contributed by atoms with E-state index < -0.39 is 16.6 Å². The average Bonchev–Trinajstić information content (AvgIpc) is 2.99. The van der Waals surface area contributed by atoms with E-state index in [1.165, 1.54) is 24.3 Å². The van der Waals surface area contributed by atoms with Gasteiger partial charge in [-0.2, -0.15) is 10.1 Å². The van der Waals surface area contributed by atoms with Gasteiger partial charge in [-0.3, -0.25) is 14.9 Å². The van der Waals surface area contributed by atoms with Crippen molar-refractivity contribution < 1.29 is 14.8 Å². The predicted molar refractivity (Wildman–Crippen MR) is 97.0 cm³/mol. The molecule has 26 heavy (non-hydrogen) atoms. The van der Waals surface area contributed by atoms with Crippen molar-refractivity contribution >= 4 is 28.9 Å². The van der Waals surface area contributed by atoms with Gasteiger partial charge in [0.15, 0.2) is 5.72 Å². The molecule has 1 aliphatic rings. The Balaban J connectivity index is 2.03. The van der Waals surface area contributed by atoms with Crippen molar-refractivity contribution in [2.24, 2.45) is 5.10 Å². The highest BCUT2D eigenvalue weighted by molar-refractivity contribution is 6.30. The number of hydrogen-bond acceptors (Lipinski definition) is 5. The van der Waals surface area contributed by atoms with E-state index in [-0.39, 0.29) is 17.7 Å². The van der Waals surface area contributed by atoms with Gasteiger partial charge in [0.1, 0.15) is 0 Å². The van der Waals surface area contributed by atoms with Gasteiger partial charge in [-0.05, 0) is 24.6 Å². The second kappa shape index (κ2) is 6.86. The fourth-order valence-corrected chi connectivity index (χ4v) is 2.97. The Bertz CT molecular complexity index is 898. The van der Waals surface area contributed by atoms with Gasteiger partial charge in [0.2, 0.25) is 0 Å². The van der Waals surface area contributed by atoms with Gasteiger partial charge in [0.25, 0.3) is 11.6 Å². The van der Waals surface area contributed by atoms with Crippen LogP contribution in [0.15, 0.2) is 53.6 Å². The normalized spacial score (nSPS) is 19.3. The van der Waals surface area contributed by atoms with Crippen molar-refractivity contribution in [2.45, 2.75) is 25.5 Å². The van der Waals surface area contributed by atoms with E-state index in [1.54, 1.807) is 24.3 Å². The summed E-state index contributed by atoms with van der Waals surface area (Å²) in [5, 5.41) is 28.0. The number of non-ortho nitro benzene ring substituents is 1. The van der Waals surface area contributed by atoms with Crippen molar-refractivity contribution in [2.75, 3.05) is 0 Å². The lowest BCUT2D eigenvalue weighted by Gasteiger charge is -2.31. The highest BCUT2D eigenvalue weighted by atomic mass is 35.5. The third kappa shape index (κ3) is 3.18. The molecule has 0 unspecified atom stereocenters. The molecule has 2 aromatic carbocycles. The fraction of sp³-hybridized carbons (Fsp3) is 0.222. The third-order valence-electron chi connectivity index (χ3n) is 4.25. The van der Waals surface area contributed by atoms with Crippen LogP contribution in [-0.2, 0) is 5.72 Å². The summed E-state index contributed by atoms with van der Waals surface area (Å²) in [5.74, 6) is -0.616. The molecule has 7 nitrogen and oxygen atoms in total. The lowest BCUT2D eigenvalue weighted by Crippen LogP contribution is -2.43. The molecule has 1 atom stereocenters. The highest BCUT2D eigenvalue weighted by Gasteiger charge is 2.45. The number of amides is 1. The zero-order chi connectivity index (χ0) is 18.9. The van der Waals surface area contributed by atoms with Gasteiger partial charge in [-0.25, -0.2) is 0 Å². The van der Waals surface area contributed by atoms with Crippen molar-refractivity contribution in [3.63, 3.8) is 0 Å². The summed E-state index contributed by atoms with van der Waals surface area (Å²) in [6, 6.07) is 11.8. The molecule has 1 amide bonds. The number of nitro groups is 1. The number of halogens is 1. The molecule has 0 aromatic heterocycles. The first-order valence-corrected chi connectivity index (χ1v) is 8.36. The number of benzene rings is 2. The molecule has 8 heteroatoms. The van der Waals surface area contributed by atoms with Gasteiger partial charge < -0.3 is 5.11 Å². The van der Waals surface area contributed by atoms with Crippen LogP contribution in [0.3, 0.4) is 0 Å². The monoisotopic (exact) mass is 373 g/mol. The zero-order valence-corrected chi connectivity index (χ0v) is 14.7. The van der Waals surface area contributed by atoms with Crippen molar-refractivity contribution in [1.82, 2.24) is 5.01 Å². The van der Waals surface area contributed by atoms with Crippen molar-refractivity contribution in [1.29, 1.82) is 0 Å². The number of carbonyl (C=O) groups excluding carboxylic acids is 1. The lowest BCUT2D eigenvalue weighted by atomic mass is 9.96. The molecule has 1 heterocycles. The first-order valence-electron chi connectivity index (χ1n) is 7.99. The van der Waals surface area contributed by atoms with E-state index in [4.69, 9.17) is 11.6 Å². The Morgan fingerprint density at radius 1 is 1.35 bits per heavy atom. The maximum atomic E-state index is 12.9. The minimum Gasteiger partial charge on any atom is -0.365 e. The minimum atomic E-state index is -1.67. The molecule has 0 saturated heterocycles. The number of nitro benzene ring substituents is 1. The van der Waals surface area contributed by atoms with E-state index in [2.05, 4.69) is 5.10 Å². The largest absolute Gasteiger partial charge is 0.365 e. The topological polar surface area (TPSA) is 96.0 Å². The van der Waals surface area contributed by atoms with Crippen molar-refractivity contribution in [3.8, 4) is 0 Å². The number of hydrazone groups is 1. The lowest BCUT2D eigenvalue weighted by molar-refractivity contribution is -0.384. The van der Waals surface area contributed by atoms with Gasteiger partial charge in [-0.1, -0.05) is 36.7 Å². The molecule has 0 spiro atoms. The Kier molecular flexibility index (Phi) is 4.76. The summed E-state index contributed by atoms with van der Waals surface area (Å²) in [5.41, 5.74) is -0.677. The standard InChI is InChI=1S/C18H16ClN3O4/c1-2-15-11-18(24,13-6-8-14(19)9-7-13)21(20-15)17(23)12-4-3-5-16(10-12)22(25)26/h3-10,24H,2,11H2,1H3/t18-/m0/s1. The van der Waals surface area contributed by atoms with E-state index in [9.17, 15) is 20.0 Å². The molecular formula is C18H16ClN3O4. The van der Waals surface area contributed by atoms with E-state index in [1.807, 2.05) is 6.92 Å². The van der Waals surface area contributed by atoms with Gasteiger partial charge in [0.05, 0.1) is 4.92 Å². The third-order valence-corrected chi connectivity index (χ3v) is 4.51. The van der Waals surface area contributed by atoms with E-state index in [0.29, 0.717) is 22.7 Å². The first kappa shape index (κ1) is 18.0. The first-order chi connectivity index (χ1) is 12.3. The number of carbonyl (C=O) groups is 1. The summed E-state index contributed by atoms with van der Waals surface area (Å²) >= 11 is 5.91. The Labute approximate surface area is 154 Å². The number of nitrogens with zero attached hydrogens (tertiary/aromatic N) is 3. The molecule has 0 fully saturated rings. The van der Waals surface area contributed by atoms with Gasteiger partial charge >= 0.3 is 0 Å².